The molecule has 1 radical (unpaired) electrons. The Kier molecular flexibility index (Phi) is 5.36. The van der Waals surface area contributed by atoms with E-state index >= 15 is 0 Å². The van der Waals surface area contributed by atoms with E-state index in [1.807, 2.05) is 19.1 Å². The van der Waals surface area contributed by atoms with Crippen molar-refractivity contribution >= 4 is 11.8 Å². The second-order valence-electron chi connectivity index (χ2n) is 3.41. The molecule has 0 aliphatic rings. The van der Waals surface area contributed by atoms with Crippen molar-refractivity contribution < 1.29 is 14.6 Å². The zero-order chi connectivity index (χ0) is 11.8. The SMILES string of the molecule is CCCOC(=O)Nc1ccc(CC[O])cc1. The normalized spacial score (nSPS) is 9.88. The van der Waals surface area contributed by atoms with E-state index in [4.69, 9.17) is 4.74 Å². The molecule has 0 spiro atoms. The summed E-state index contributed by atoms with van der Waals surface area (Å²) in [6.45, 7) is 2.23. The lowest BCUT2D eigenvalue weighted by molar-refractivity contribution is 0.161. The molecule has 4 nitrogen and oxygen atoms in total. The molecule has 16 heavy (non-hydrogen) atoms. The van der Waals surface area contributed by atoms with Crippen molar-refractivity contribution in [3.8, 4) is 0 Å². The molecule has 1 N–H and O–H groups in total. The first kappa shape index (κ1) is 12.5. The lowest BCUT2D eigenvalue weighted by Gasteiger charge is -2.06. The molecule has 0 aliphatic heterocycles. The van der Waals surface area contributed by atoms with Gasteiger partial charge >= 0.3 is 6.09 Å². The van der Waals surface area contributed by atoms with Crippen LogP contribution in [0.25, 0.3) is 0 Å². The number of carbonyl (C=O) groups excluding carboxylic acids is 1. The standard InChI is InChI=1S/C12H16NO3/c1-2-9-16-12(15)13-11-5-3-10(4-6-11)7-8-14/h3-6H,2,7-9H2,1H3,(H,13,15). The average molecular weight is 222 g/mol. The molecule has 0 fully saturated rings. The van der Waals surface area contributed by atoms with Crippen LogP contribution in [0.2, 0.25) is 0 Å². The summed E-state index contributed by atoms with van der Waals surface area (Å²) in [4.78, 5) is 11.2. The van der Waals surface area contributed by atoms with Crippen LogP contribution in [0, 0.1) is 0 Å². The molecular formula is C12H16NO3. The fourth-order valence-electron chi connectivity index (χ4n) is 1.22. The largest absolute Gasteiger partial charge is 0.449 e. The van der Waals surface area contributed by atoms with Gasteiger partial charge in [0.15, 0.2) is 0 Å². The van der Waals surface area contributed by atoms with Crippen LogP contribution in [0.15, 0.2) is 24.3 Å². The number of nitrogens with one attached hydrogen (secondary N) is 1. The van der Waals surface area contributed by atoms with Crippen molar-refractivity contribution in [2.24, 2.45) is 0 Å². The Morgan fingerprint density at radius 3 is 2.56 bits per heavy atom. The lowest BCUT2D eigenvalue weighted by Crippen LogP contribution is -2.13. The first-order chi connectivity index (χ1) is 7.76. The molecule has 0 saturated heterocycles. The van der Waals surface area contributed by atoms with Crippen molar-refractivity contribution in [1.82, 2.24) is 0 Å². The highest BCUT2D eigenvalue weighted by molar-refractivity contribution is 5.84. The van der Waals surface area contributed by atoms with Gasteiger partial charge in [0.1, 0.15) is 0 Å². The molecule has 0 atom stereocenters. The van der Waals surface area contributed by atoms with Crippen molar-refractivity contribution in [2.75, 3.05) is 18.5 Å². The van der Waals surface area contributed by atoms with E-state index in [2.05, 4.69) is 5.32 Å². The van der Waals surface area contributed by atoms with Crippen LogP contribution in [0.4, 0.5) is 10.5 Å². The molecular weight excluding hydrogens is 206 g/mol. The highest BCUT2D eigenvalue weighted by Gasteiger charge is 2.01. The summed E-state index contributed by atoms with van der Waals surface area (Å²) in [6, 6.07) is 7.18. The van der Waals surface area contributed by atoms with Gasteiger partial charge in [0.05, 0.1) is 13.2 Å². The van der Waals surface area contributed by atoms with E-state index in [0.717, 1.165) is 12.0 Å². The molecule has 0 saturated carbocycles. The third kappa shape index (κ3) is 4.31. The summed E-state index contributed by atoms with van der Waals surface area (Å²) in [5.41, 5.74) is 1.65. The van der Waals surface area contributed by atoms with Gasteiger partial charge in [0, 0.05) is 5.69 Å². The molecule has 0 unspecified atom stereocenters. The van der Waals surface area contributed by atoms with E-state index in [9.17, 15) is 9.90 Å². The number of hydrogen-bond donors (Lipinski definition) is 1. The molecule has 1 amide bonds. The molecule has 1 aromatic carbocycles. The quantitative estimate of drug-likeness (QED) is 0.832. The van der Waals surface area contributed by atoms with Gasteiger partial charge in [-0.05, 0) is 30.5 Å². The van der Waals surface area contributed by atoms with Gasteiger partial charge in [0.25, 0.3) is 0 Å². The van der Waals surface area contributed by atoms with Crippen LogP contribution >= 0.6 is 0 Å². The maximum Gasteiger partial charge on any atom is 0.411 e. The summed E-state index contributed by atoms with van der Waals surface area (Å²) in [7, 11) is 0. The van der Waals surface area contributed by atoms with Crippen LogP contribution in [0.5, 0.6) is 0 Å². The molecule has 87 valence electrons. The Morgan fingerprint density at radius 2 is 2.00 bits per heavy atom. The second-order valence-corrected chi connectivity index (χ2v) is 3.41. The first-order valence-corrected chi connectivity index (χ1v) is 5.37. The van der Waals surface area contributed by atoms with Gasteiger partial charge in [0.2, 0.25) is 0 Å². The molecule has 1 rings (SSSR count). The summed E-state index contributed by atoms with van der Waals surface area (Å²) >= 11 is 0. The van der Waals surface area contributed by atoms with E-state index in [-0.39, 0.29) is 6.61 Å². The molecule has 0 bridgehead atoms. The monoisotopic (exact) mass is 222 g/mol. The fraction of sp³-hybridized carbons (Fsp3) is 0.417. The fourth-order valence-corrected chi connectivity index (χ4v) is 1.22. The minimum atomic E-state index is -0.446. The maximum atomic E-state index is 11.2. The summed E-state index contributed by atoms with van der Waals surface area (Å²) in [5.74, 6) is 0. The van der Waals surface area contributed by atoms with Crippen LogP contribution in [-0.4, -0.2) is 19.3 Å². The van der Waals surface area contributed by atoms with E-state index in [1.54, 1.807) is 12.1 Å². The Labute approximate surface area is 95.2 Å². The lowest BCUT2D eigenvalue weighted by atomic mass is 10.1. The van der Waals surface area contributed by atoms with Crippen molar-refractivity contribution in [2.45, 2.75) is 19.8 Å². The Bertz CT molecular complexity index is 322. The molecule has 4 heteroatoms. The molecule has 0 aromatic heterocycles. The number of anilines is 1. The zero-order valence-corrected chi connectivity index (χ0v) is 9.36. The Hall–Kier alpha value is -1.55. The molecule has 1 aromatic rings. The maximum absolute atomic E-state index is 11.2. The number of ether oxygens (including phenoxy) is 1. The number of benzene rings is 1. The van der Waals surface area contributed by atoms with Gasteiger partial charge in [-0.2, -0.15) is 0 Å². The third-order valence-electron chi connectivity index (χ3n) is 2.03. The van der Waals surface area contributed by atoms with Gasteiger partial charge in [-0.1, -0.05) is 19.1 Å². The van der Waals surface area contributed by atoms with Crippen LogP contribution in [0.1, 0.15) is 18.9 Å². The van der Waals surface area contributed by atoms with Crippen molar-refractivity contribution in [1.29, 1.82) is 0 Å². The van der Waals surface area contributed by atoms with Crippen LogP contribution < -0.4 is 5.32 Å². The predicted molar refractivity (Wildman–Crippen MR) is 61.0 cm³/mol. The van der Waals surface area contributed by atoms with Crippen molar-refractivity contribution in [3.05, 3.63) is 29.8 Å². The van der Waals surface area contributed by atoms with Crippen molar-refractivity contribution in [3.63, 3.8) is 0 Å². The average Bonchev–Trinajstić information content (AvgIpc) is 2.29. The zero-order valence-electron chi connectivity index (χ0n) is 9.36. The summed E-state index contributed by atoms with van der Waals surface area (Å²) in [6.07, 6.45) is 0.870. The highest BCUT2D eigenvalue weighted by atomic mass is 16.5. The Balaban J connectivity index is 2.45. The van der Waals surface area contributed by atoms with Crippen LogP contribution in [0.3, 0.4) is 0 Å². The minimum Gasteiger partial charge on any atom is -0.449 e. The molecule has 0 aliphatic carbocycles. The minimum absolute atomic E-state index is 0.120. The smallest absolute Gasteiger partial charge is 0.411 e. The second kappa shape index (κ2) is 6.85. The highest BCUT2D eigenvalue weighted by Crippen LogP contribution is 2.10. The molecule has 0 heterocycles. The number of rotatable bonds is 5. The Morgan fingerprint density at radius 1 is 1.31 bits per heavy atom. The summed E-state index contributed by atoms with van der Waals surface area (Å²) in [5, 5.41) is 13.0. The first-order valence-electron chi connectivity index (χ1n) is 5.37. The topological polar surface area (TPSA) is 58.2 Å². The van der Waals surface area contributed by atoms with Gasteiger partial charge in [-0.3, -0.25) is 5.32 Å². The van der Waals surface area contributed by atoms with E-state index in [0.29, 0.717) is 18.7 Å². The van der Waals surface area contributed by atoms with Crippen LogP contribution in [-0.2, 0) is 16.3 Å². The predicted octanol–water partition coefficient (Wildman–Crippen LogP) is 2.62. The van der Waals surface area contributed by atoms with E-state index < -0.39 is 6.09 Å². The third-order valence-corrected chi connectivity index (χ3v) is 2.03. The number of amides is 1. The van der Waals surface area contributed by atoms with Gasteiger partial charge < -0.3 is 4.74 Å². The van der Waals surface area contributed by atoms with Gasteiger partial charge in [-0.25, -0.2) is 9.90 Å². The number of carbonyl (C=O) groups is 1. The number of hydrogen-bond acceptors (Lipinski definition) is 2. The summed E-state index contributed by atoms with van der Waals surface area (Å²) < 4.78 is 4.87. The van der Waals surface area contributed by atoms with Gasteiger partial charge in [-0.15, -0.1) is 0 Å². The van der Waals surface area contributed by atoms with E-state index in [1.165, 1.54) is 0 Å².